The Kier molecular flexibility index (Phi) is 12.3. The van der Waals surface area contributed by atoms with Crippen LogP contribution in [0, 0.1) is 11.2 Å². The van der Waals surface area contributed by atoms with Crippen molar-refractivity contribution in [3.05, 3.63) is 118 Å². The molecule has 2 saturated heterocycles. The summed E-state index contributed by atoms with van der Waals surface area (Å²) in [5.74, 6) is -0.152. The van der Waals surface area contributed by atoms with E-state index in [2.05, 4.69) is 69.2 Å². The molecule has 0 radical (unpaired) electrons. The zero-order valence-corrected chi connectivity index (χ0v) is 39.8. The predicted octanol–water partition coefficient (Wildman–Crippen LogP) is 7.62. The van der Waals surface area contributed by atoms with E-state index in [1.807, 2.05) is 44.2 Å². The molecule has 4 aliphatic rings. The van der Waals surface area contributed by atoms with E-state index in [4.69, 9.17) is 4.98 Å². The molecule has 2 aromatic carbocycles. The van der Waals surface area contributed by atoms with E-state index in [0.29, 0.717) is 64.9 Å². The summed E-state index contributed by atoms with van der Waals surface area (Å²) in [6.45, 7) is 20.7. The number of nitrogens with one attached hydrogen (secondary N) is 2. The maximum atomic E-state index is 14.5. The molecule has 2 amide bonds. The molecule has 6 heterocycles. The molecule has 3 aromatic heterocycles. The highest BCUT2D eigenvalue weighted by Crippen LogP contribution is 2.41. The Hall–Kier alpha value is -6.32. The molecule has 14 nitrogen and oxygen atoms in total. The largest absolute Gasteiger partial charge is 0.392 e. The van der Waals surface area contributed by atoms with Crippen LogP contribution in [0.1, 0.15) is 93.2 Å². The summed E-state index contributed by atoms with van der Waals surface area (Å²) in [6, 6.07) is 15.8. The van der Waals surface area contributed by atoms with Gasteiger partial charge in [-0.3, -0.25) is 24.2 Å². The second kappa shape index (κ2) is 18.1. The molecule has 0 bridgehead atoms. The number of halogens is 1. The Bertz CT molecular complexity index is 2820. The van der Waals surface area contributed by atoms with Gasteiger partial charge in [-0.1, -0.05) is 34.3 Å². The summed E-state index contributed by atoms with van der Waals surface area (Å²) >= 11 is 0. The minimum Gasteiger partial charge on any atom is -0.392 e. The number of anilines is 6. The molecule has 5 aromatic rings. The maximum absolute atomic E-state index is 14.5. The van der Waals surface area contributed by atoms with Crippen molar-refractivity contribution in [3.8, 4) is 11.3 Å². The van der Waals surface area contributed by atoms with Gasteiger partial charge in [0.1, 0.15) is 17.3 Å². The fourth-order valence-corrected chi connectivity index (χ4v) is 11.0. The average molecular weight is 911 g/mol. The second-order valence-corrected chi connectivity index (χ2v) is 20.0. The van der Waals surface area contributed by atoms with Gasteiger partial charge in [-0.2, -0.15) is 0 Å². The number of pyridine rings is 1. The van der Waals surface area contributed by atoms with E-state index in [-0.39, 0.29) is 46.4 Å². The molecule has 3 aliphatic heterocycles. The van der Waals surface area contributed by atoms with Gasteiger partial charge in [-0.25, -0.2) is 14.4 Å². The number of hydrogen-bond donors (Lipinski definition) is 3. The van der Waals surface area contributed by atoms with E-state index >= 15 is 0 Å². The van der Waals surface area contributed by atoms with Gasteiger partial charge in [0.2, 0.25) is 5.91 Å². The lowest BCUT2D eigenvalue weighted by Gasteiger charge is -2.48. The van der Waals surface area contributed by atoms with Crippen LogP contribution in [0.25, 0.3) is 11.3 Å². The number of nitrogens with zero attached hydrogens (tertiary/aromatic N) is 8. The normalized spacial score (nSPS) is 20.5. The van der Waals surface area contributed by atoms with Crippen LogP contribution in [0.2, 0.25) is 0 Å². The number of aromatic nitrogens is 4. The van der Waals surface area contributed by atoms with E-state index < -0.39 is 6.61 Å². The lowest BCUT2D eigenvalue weighted by Crippen LogP contribution is -2.58. The summed E-state index contributed by atoms with van der Waals surface area (Å²) < 4.78 is 18.1. The number of carbonyl (C=O) groups excluding carboxylic acids is 2. The van der Waals surface area contributed by atoms with Gasteiger partial charge in [0.15, 0.2) is 5.82 Å². The number of aliphatic hydroxyl groups excluding tert-OH is 1. The van der Waals surface area contributed by atoms with Crippen molar-refractivity contribution in [1.29, 1.82) is 0 Å². The molecule has 352 valence electrons. The number of aliphatic hydroxyl groups is 1. The number of rotatable bonds is 11. The summed E-state index contributed by atoms with van der Waals surface area (Å²) in [5.41, 5.74) is 8.04. The van der Waals surface area contributed by atoms with Crippen molar-refractivity contribution in [2.24, 2.45) is 12.5 Å². The average Bonchev–Trinajstić information content (AvgIpc) is 3.80. The van der Waals surface area contributed by atoms with Crippen LogP contribution < -0.4 is 30.9 Å². The van der Waals surface area contributed by atoms with Crippen LogP contribution in [-0.4, -0.2) is 91.8 Å². The van der Waals surface area contributed by atoms with Crippen LogP contribution in [0.3, 0.4) is 0 Å². The number of benzene rings is 2. The Balaban J connectivity index is 0.925. The standard InChI is InChI=1S/C52H63FN10O4/c1-9-47(65)56-42-24-35(10-13-44(42)61-19-18-59(28-33(61)5)36-15-17-60(32(4)22-36)37-11-12-41(53)39(25-37)31(2)3)55-48-51(67)58(8)29-43(57-48)38-14-16-54-49(40(38)30-64)63-21-20-62-45(50(63)66)23-34-26-52(6,7)27-46(34)62/h9-14,16,23-25,29,31-33,36,64H,1,15,17-22,26-28,30H2,2-8H3,(H,55,57)(H,56,65)/t32-,33-,36?/m0/s1. The molecule has 3 atom stereocenters. The zero-order valence-electron chi connectivity index (χ0n) is 39.8. The fraction of sp³-hybridized carbons (Fsp3) is 0.442. The molecule has 2 fully saturated rings. The monoisotopic (exact) mass is 911 g/mol. The molecule has 1 unspecified atom stereocenters. The van der Waals surface area contributed by atoms with Gasteiger partial charge in [-0.05, 0) is 117 Å². The topological polar surface area (TPSA) is 144 Å². The third-order valence-electron chi connectivity index (χ3n) is 14.4. The lowest BCUT2D eigenvalue weighted by atomic mass is 9.90. The van der Waals surface area contributed by atoms with Crippen LogP contribution >= 0.6 is 0 Å². The number of piperazine rings is 1. The highest BCUT2D eigenvalue weighted by Gasteiger charge is 2.38. The summed E-state index contributed by atoms with van der Waals surface area (Å²) in [5, 5.41) is 17.1. The molecular formula is C52H63FN10O4. The molecule has 15 heteroatoms. The fourth-order valence-electron chi connectivity index (χ4n) is 11.0. The van der Waals surface area contributed by atoms with Gasteiger partial charge in [0.25, 0.3) is 11.5 Å². The number of aryl methyl sites for hydroxylation is 1. The minimum atomic E-state index is -0.406. The number of amides is 2. The van der Waals surface area contributed by atoms with E-state index in [0.717, 1.165) is 68.8 Å². The van der Waals surface area contributed by atoms with Crippen molar-refractivity contribution >= 4 is 46.2 Å². The van der Waals surface area contributed by atoms with Crippen LogP contribution in [0.4, 0.5) is 38.8 Å². The molecule has 67 heavy (non-hydrogen) atoms. The van der Waals surface area contributed by atoms with Gasteiger partial charge in [-0.15, -0.1) is 0 Å². The van der Waals surface area contributed by atoms with Gasteiger partial charge in [0, 0.05) is 105 Å². The molecular weight excluding hydrogens is 848 g/mol. The minimum absolute atomic E-state index is 0.0439. The van der Waals surface area contributed by atoms with E-state index in [1.165, 1.54) is 21.9 Å². The highest BCUT2D eigenvalue weighted by atomic mass is 19.1. The number of fused-ring (bicyclic) bond motifs is 3. The molecule has 9 rings (SSSR count). The van der Waals surface area contributed by atoms with Crippen LogP contribution in [-0.2, 0) is 37.8 Å². The van der Waals surface area contributed by atoms with Gasteiger partial charge >= 0.3 is 0 Å². The van der Waals surface area contributed by atoms with Crippen molar-refractivity contribution in [2.75, 3.05) is 58.1 Å². The van der Waals surface area contributed by atoms with Crippen LogP contribution in [0.5, 0.6) is 0 Å². The van der Waals surface area contributed by atoms with Gasteiger partial charge in [0.05, 0.1) is 23.7 Å². The van der Waals surface area contributed by atoms with Crippen molar-refractivity contribution < 1.29 is 19.1 Å². The first kappa shape index (κ1) is 45.8. The Labute approximate surface area is 392 Å². The van der Waals surface area contributed by atoms with E-state index in [9.17, 15) is 23.9 Å². The Morgan fingerprint density at radius 2 is 1.81 bits per heavy atom. The number of piperidine rings is 1. The predicted molar refractivity (Wildman–Crippen MR) is 263 cm³/mol. The smallest absolute Gasteiger partial charge is 0.293 e. The first-order valence-corrected chi connectivity index (χ1v) is 23.6. The quantitative estimate of drug-likeness (QED) is 0.113. The molecule has 0 saturated carbocycles. The number of hydrogen-bond acceptors (Lipinski definition) is 10. The first-order chi connectivity index (χ1) is 32.0. The third kappa shape index (κ3) is 8.75. The van der Waals surface area contributed by atoms with Crippen molar-refractivity contribution in [3.63, 3.8) is 0 Å². The number of carbonyl (C=O) groups is 2. The second-order valence-electron chi connectivity index (χ2n) is 20.0. The Morgan fingerprint density at radius 1 is 1.00 bits per heavy atom. The van der Waals surface area contributed by atoms with Crippen molar-refractivity contribution in [2.45, 2.75) is 104 Å². The summed E-state index contributed by atoms with van der Waals surface area (Å²) in [6.07, 6.45) is 8.31. The SMILES string of the molecule is C=CC(=O)Nc1cc(Nc2nc(-c3ccnc(N4CCn5c(cc6c5CC(C)(C)C6)C4=O)c3CO)cn(C)c2=O)ccc1N1CCN(C2CCN(c3ccc(F)c(C(C)C)c3)[C@@H](C)C2)C[C@@H]1C. The van der Waals surface area contributed by atoms with Crippen molar-refractivity contribution in [1.82, 2.24) is 24.0 Å². The Morgan fingerprint density at radius 3 is 2.54 bits per heavy atom. The zero-order chi connectivity index (χ0) is 47.5. The molecule has 1 aliphatic carbocycles. The van der Waals surface area contributed by atoms with Gasteiger partial charge < -0.3 is 34.7 Å². The molecule has 0 spiro atoms. The lowest BCUT2D eigenvalue weighted by molar-refractivity contribution is -0.111. The highest BCUT2D eigenvalue weighted by molar-refractivity contribution is 6.06. The van der Waals surface area contributed by atoms with Crippen LogP contribution in [0.15, 0.2) is 78.4 Å². The third-order valence-corrected chi connectivity index (χ3v) is 14.4. The summed E-state index contributed by atoms with van der Waals surface area (Å²) in [4.78, 5) is 59.0. The summed E-state index contributed by atoms with van der Waals surface area (Å²) in [7, 11) is 1.64. The van der Waals surface area contributed by atoms with E-state index in [1.54, 1.807) is 42.5 Å². The molecule has 3 N–H and O–H groups in total. The first-order valence-electron chi connectivity index (χ1n) is 23.6. The maximum Gasteiger partial charge on any atom is 0.293 e.